The third-order valence-electron chi connectivity index (χ3n) is 4.14. The van der Waals surface area contributed by atoms with Crippen molar-refractivity contribution in [1.82, 2.24) is 0 Å². The van der Waals surface area contributed by atoms with Gasteiger partial charge in [0.2, 0.25) is 0 Å². The molecule has 0 bridgehead atoms. The van der Waals surface area contributed by atoms with E-state index in [0.717, 1.165) is 36.2 Å². The van der Waals surface area contributed by atoms with Crippen LogP contribution in [0.15, 0.2) is 30.3 Å². The van der Waals surface area contributed by atoms with Crippen molar-refractivity contribution >= 4 is 40.3 Å². The third kappa shape index (κ3) is 4.49. The summed E-state index contributed by atoms with van der Waals surface area (Å²) in [6.07, 6.45) is 2.98. The van der Waals surface area contributed by atoms with Crippen molar-refractivity contribution in [3.63, 3.8) is 0 Å². The maximum atomic E-state index is 6.28. The minimum absolute atomic E-state index is 0.564. The van der Waals surface area contributed by atoms with Crippen molar-refractivity contribution in [2.24, 2.45) is 0 Å². The van der Waals surface area contributed by atoms with Crippen LogP contribution in [0.25, 0.3) is 0 Å². The zero-order valence-corrected chi connectivity index (χ0v) is 16.4. The first-order valence-corrected chi connectivity index (χ1v) is 9.25. The molecule has 128 valence electrons. The summed E-state index contributed by atoms with van der Waals surface area (Å²) in [6, 6.07) is 10.4. The molecule has 0 aliphatic rings. The Morgan fingerprint density at radius 2 is 1.58 bits per heavy atom. The zero-order chi connectivity index (χ0) is 17.7. The van der Waals surface area contributed by atoms with E-state index in [1.165, 1.54) is 16.7 Å². The average Bonchev–Trinajstić information content (AvgIpc) is 2.57. The summed E-state index contributed by atoms with van der Waals surface area (Å²) in [5, 5.41) is 7.83. The fraction of sp³-hybridized carbons (Fsp3) is 0.350. The third-order valence-corrected chi connectivity index (χ3v) is 4.66. The normalized spacial score (nSPS) is 10.5. The monoisotopic (exact) mass is 360 g/mol. The summed E-state index contributed by atoms with van der Waals surface area (Å²) in [4.78, 5) is 0. The van der Waals surface area contributed by atoms with E-state index in [1.807, 2.05) is 25.1 Å². The van der Waals surface area contributed by atoms with Crippen LogP contribution >= 0.6 is 23.8 Å². The number of nitrogens with one attached hydrogen (secondary N) is 2. The van der Waals surface area contributed by atoms with Crippen LogP contribution in [0.3, 0.4) is 0 Å². The van der Waals surface area contributed by atoms with Crippen molar-refractivity contribution in [2.75, 3.05) is 10.6 Å². The van der Waals surface area contributed by atoms with Crippen molar-refractivity contribution in [2.45, 2.75) is 47.0 Å². The molecule has 2 rings (SSSR count). The highest BCUT2D eigenvalue weighted by atomic mass is 35.5. The smallest absolute Gasteiger partial charge is 0.175 e. The summed E-state index contributed by atoms with van der Waals surface area (Å²) >= 11 is 11.8. The Labute approximate surface area is 155 Å². The first kappa shape index (κ1) is 18.8. The Kier molecular flexibility index (Phi) is 6.64. The summed E-state index contributed by atoms with van der Waals surface area (Å²) in [5.74, 6) is 0. The van der Waals surface area contributed by atoms with Gasteiger partial charge in [0.15, 0.2) is 5.11 Å². The van der Waals surface area contributed by atoms with Crippen molar-refractivity contribution in [3.8, 4) is 0 Å². The van der Waals surface area contributed by atoms with Crippen LogP contribution in [-0.2, 0) is 19.3 Å². The molecular weight excluding hydrogens is 336 g/mol. The lowest BCUT2D eigenvalue weighted by molar-refractivity contribution is 1.05. The van der Waals surface area contributed by atoms with Gasteiger partial charge in [-0.15, -0.1) is 0 Å². The van der Waals surface area contributed by atoms with Crippen LogP contribution < -0.4 is 10.6 Å². The Morgan fingerprint density at radius 1 is 0.958 bits per heavy atom. The van der Waals surface area contributed by atoms with Gasteiger partial charge in [0.25, 0.3) is 0 Å². The number of hydrogen-bond acceptors (Lipinski definition) is 1. The minimum atomic E-state index is 0.564. The van der Waals surface area contributed by atoms with Crippen LogP contribution in [0.1, 0.15) is 43.0 Å². The predicted molar refractivity (Wildman–Crippen MR) is 111 cm³/mol. The molecule has 0 heterocycles. The SMILES string of the molecule is CCc1cc(CC)c(NC(=S)Nc2ccc(C)cc2Cl)c(CC)c1. The zero-order valence-electron chi connectivity index (χ0n) is 14.8. The number of benzene rings is 2. The Balaban J connectivity index is 2.24. The van der Waals surface area contributed by atoms with E-state index >= 15 is 0 Å². The molecule has 0 aliphatic heterocycles. The van der Waals surface area contributed by atoms with Crippen molar-refractivity contribution in [3.05, 3.63) is 57.6 Å². The van der Waals surface area contributed by atoms with E-state index in [9.17, 15) is 0 Å². The molecule has 2 aromatic rings. The first-order valence-electron chi connectivity index (χ1n) is 8.47. The average molecular weight is 361 g/mol. The lowest BCUT2D eigenvalue weighted by Crippen LogP contribution is -2.21. The quantitative estimate of drug-likeness (QED) is 0.626. The molecule has 0 fully saturated rings. The van der Waals surface area contributed by atoms with Gasteiger partial charge in [-0.25, -0.2) is 0 Å². The maximum Gasteiger partial charge on any atom is 0.175 e. The molecule has 0 aliphatic carbocycles. The summed E-state index contributed by atoms with van der Waals surface area (Å²) in [7, 11) is 0. The van der Waals surface area contributed by atoms with E-state index in [-0.39, 0.29) is 0 Å². The number of rotatable bonds is 5. The molecule has 0 unspecified atom stereocenters. The number of anilines is 2. The molecule has 0 saturated heterocycles. The molecular formula is C20H25ClN2S. The van der Waals surface area contributed by atoms with E-state index in [0.29, 0.717) is 10.1 Å². The standard InChI is InChI=1S/C20H25ClN2S/c1-5-14-11-15(6-2)19(16(7-3)12-14)23-20(24)22-18-9-8-13(4)10-17(18)21/h8-12H,5-7H2,1-4H3,(H2,22,23,24). The molecule has 0 spiro atoms. The van der Waals surface area contributed by atoms with Crippen molar-refractivity contribution in [1.29, 1.82) is 0 Å². The van der Waals surface area contributed by atoms with Gasteiger partial charge >= 0.3 is 0 Å². The van der Waals surface area contributed by atoms with Gasteiger partial charge in [-0.3, -0.25) is 0 Å². The predicted octanol–water partition coefficient (Wildman–Crippen LogP) is 6.14. The highest BCUT2D eigenvalue weighted by Gasteiger charge is 2.11. The maximum absolute atomic E-state index is 6.28. The number of halogens is 1. The van der Waals surface area contributed by atoms with E-state index < -0.39 is 0 Å². The first-order chi connectivity index (χ1) is 11.5. The second kappa shape index (κ2) is 8.50. The fourth-order valence-electron chi connectivity index (χ4n) is 2.75. The number of hydrogen-bond donors (Lipinski definition) is 2. The van der Waals surface area contributed by atoms with Gasteiger partial charge < -0.3 is 10.6 Å². The lowest BCUT2D eigenvalue weighted by atomic mass is 9.98. The van der Waals surface area contributed by atoms with Gasteiger partial charge in [-0.1, -0.05) is 50.6 Å². The van der Waals surface area contributed by atoms with E-state index in [1.54, 1.807) is 0 Å². The van der Waals surface area contributed by atoms with Gasteiger partial charge in [0, 0.05) is 5.69 Å². The Hall–Kier alpha value is -1.58. The Bertz CT molecular complexity index is 715. The largest absolute Gasteiger partial charge is 0.332 e. The molecule has 0 aromatic heterocycles. The second-order valence-electron chi connectivity index (χ2n) is 5.91. The van der Waals surface area contributed by atoms with Gasteiger partial charge in [-0.2, -0.15) is 0 Å². The van der Waals surface area contributed by atoms with Crippen LogP contribution in [-0.4, -0.2) is 5.11 Å². The molecule has 0 amide bonds. The molecule has 0 saturated carbocycles. The molecule has 24 heavy (non-hydrogen) atoms. The highest BCUT2D eigenvalue weighted by Crippen LogP contribution is 2.27. The minimum Gasteiger partial charge on any atom is -0.332 e. The molecule has 2 aromatic carbocycles. The molecule has 0 radical (unpaired) electrons. The van der Waals surface area contributed by atoms with Crippen molar-refractivity contribution < 1.29 is 0 Å². The van der Waals surface area contributed by atoms with Crippen LogP contribution in [0, 0.1) is 6.92 Å². The van der Waals surface area contributed by atoms with E-state index in [4.69, 9.17) is 23.8 Å². The van der Waals surface area contributed by atoms with Gasteiger partial charge in [-0.05, 0) is 72.8 Å². The molecule has 2 N–H and O–H groups in total. The van der Waals surface area contributed by atoms with Crippen LogP contribution in [0.5, 0.6) is 0 Å². The van der Waals surface area contributed by atoms with Gasteiger partial charge in [0.1, 0.15) is 0 Å². The Morgan fingerprint density at radius 3 is 2.08 bits per heavy atom. The summed E-state index contributed by atoms with van der Waals surface area (Å²) in [5.41, 5.74) is 7.03. The second-order valence-corrected chi connectivity index (χ2v) is 6.73. The summed E-state index contributed by atoms with van der Waals surface area (Å²) in [6.45, 7) is 8.55. The molecule has 2 nitrogen and oxygen atoms in total. The van der Waals surface area contributed by atoms with Gasteiger partial charge in [0.05, 0.1) is 10.7 Å². The molecule has 0 atom stereocenters. The van der Waals surface area contributed by atoms with E-state index in [2.05, 4.69) is 43.5 Å². The lowest BCUT2D eigenvalue weighted by Gasteiger charge is -2.19. The highest BCUT2D eigenvalue weighted by molar-refractivity contribution is 7.80. The number of aryl methyl sites for hydroxylation is 4. The topological polar surface area (TPSA) is 24.1 Å². The molecule has 4 heteroatoms. The number of thiocarbonyl (C=S) groups is 1. The van der Waals surface area contributed by atoms with Crippen LogP contribution in [0.2, 0.25) is 5.02 Å². The van der Waals surface area contributed by atoms with Crippen LogP contribution in [0.4, 0.5) is 11.4 Å². The summed E-state index contributed by atoms with van der Waals surface area (Å²) < 4.78 is 0. The fourth-order valence-corrected chi connectivity index (χ4v) is 3.25.